The van der Waals surface area contributed by atoms with Crippen molar-refractivity contribution < 1.29 is 27.5 Å². The maximum Gasteiger partial charge on any atom is 0.339 e. The molecular formula is C22H22O6S. The van der Waals surface area contributed by atoms with Crippen LogP contribution in [0.15, 0.2) is 70.4 Å². The summed E-state index contributed by atoms with van der Waals surface area (Å²) < 4.78 is 36.6. The predicted molar refractivity (Wildman–Crippen MR) is 109 cm³/mol. The van der Waals surface area contributed by atoms with Crippen LogP contribution in [-0.4, -0.2) is 26.1 Å². The number of carbonyl (C=O) groups is 1. The van der Waals surface area contributed by atoms with E-state index in [4.69, 9.17) is 9.15 Å². The Morgan fingerprint density at radius 3 is 2.48 bits per heavy atom. The first-order valence-corrected chi connectivity index (χ1v) is 10.9. The summed E-state index contributed by atoms with van der Waals surface area (Å²) >= 11 is 0. The number of furan rings is 1. The summed E-state index contributed by atoms with van der Waals surface area (Å²) in [7, 11) is -3.72. The van der Waals surface area contributed by atoms with Gasteiger partial charge in [0.05, 0.1) is 29.8 Å². The lowest BCUT2D eigenvalue weighted by atomic mass is 9.99. The molecule has 0 aliphatic carbocycles. The number of carboxylic acid groups (broad SMARTS) is 1. The van der Waals surface area contributed by atoms with Crippen LogP contribution in [0, 0.1) is 0 Å². The standard InChI is InChI=1S/C22H22O6S/c1-2-3-12-28-21-19(16-11-13-27-14-16)10-9-17(20(21)22(23)24)15-29(25,26)18-7-5-4-6-8-18/h4-11,13-14H,2-3,12,15H2,1H3,(H,23,24). The molecule has 1 aromatic heterocycles. The van der Waals surface area contributed by atoms with Gasteiger partial charge in [0.1, 0.15) is 11.3 Å². The largest absolute Gasteiger partial charge is 0.492 e. The van der Waals surface area contributed by atoms with E-state index in [1.54, 1.807) is 30.3 Å². The van der Waals surface area contributed by atoms with E-state index in [-0.39, 0.29) is 21.8 Å². The third-order valence-corrected chi connectivity index (χ3v) is 6.16. The molecule has 152 valence electrons. The van der Waals surface area contributed by atoms with Crippen molar-refractivity contribution in [2.24, 2.45) is 0 Å². The smallest absolute Gasteiger partial charge is 0.339 e. The zero-order chi connectivity index (χ0) is 20.9. The minimum atomic E-state index is -3.72. The highest BCUT2D eigenvalue weighted by Crippen LogP contribution is 2.37. The first-order valence-electron chi connectivity index (χ1n) is 9.26. The number of carboxylic acids is 1. The van der Waals surface area contributed by atoms with E-state index in [1.807, 2.05) is 6.92 Å². The van der Waals surface area contributed by atoms with E-state index in [0.717, 1.165) is 12.8 Å². The highest BCUT2D eigenvalue weighted by atomic mass is 32.2. The molecule has 6 nitrogen and oxygen atoms in total. The Hall–Kier alpha value is -3.06. The quantitative estimate of drug-likeness (QED) is 0.506. The first-order chi connectivity index (χ1) is 13.9. The second-order valence-electron chi connectivity index (χ2n) is 6.57. The van der Waals surface area contributed by atoms with Gasteiger partial charge in [-0.25, -0.2) is 13.2 Å². The summed E-state index contributed by atoms with van der Waals surface area (Å²) in [6.45, 7) is 2.33. The molecule has 0 bridgehead atoms. The molecule has 2 aromatic carbocycles. The van der Waals surface area contributed by atoms with E-state index in [1.165, 1.54) is 30.7 Å². The van der Waals surface area contributed by atoms with Crippen molar-refractivity contribution >= 4 is 15.8 Å². The molecule has 1 N–H and O–H groups in total. The number of unbranched alkanes of at least 4 members (excludes halogenated alkanes) is 1. The van der Waals surface area contributed by atoms with E-state index in [9.17, 15) is 18.3 Å². The third-order valence-electron chi connectivity index (χ3n) is 4.48. The molecule has 3 rings (SSSR count). The normalized spacial score (nSPS) is 11.3. The van der Waals surface area contributed by atoms with Gasteiger partial charge in [-0.05, 0) is 30.2 Å². The van der Waals surface area contributed by atoms with Crippen LogP contribution in [0.1, 0.15) is 35.7 Å². The lowest BCUT2D eigenvalue weighted by molar-refractivity contribution is 0.0691. The number of benzene rings is 2. The monoisotopic (exact) mass is 414 g/mol. The highest BCUT2D eigenvalue weighted by Gasteiger charge is 2.26. The maximum absolute atomic E-state index is 12.8. The van der Waals surface area contributed by atoms with Crippen molar-refractivity contribution in [3.63, 3.8) is 0 Å². The van der Waals surface area contributed by atoms with Gasteiger partial charge >= 0.3 is 5.97 Å². The second kappa shape index (κ2) is 8.96. The van der Waals surface area contributed by atoms with Gasteiger partial charge < -0.3 is 14.3 Å². The molecule has 0 aliphatic rings. The summed E-state index contributed by atoms with van der Waals surface area (Å²) in [6, 6.07) is 12.9. The third kappa shape index (κ3) is 4.68. The number of ether oxygens (including phenoxy) is 1. The molecule has 7 heteroatoms. The summed E-state index contributed by atoms with van der Waals surface area (Å²) in [5, 5.41) is 9.89. The lowest BCUT2D eigenvalue weighted by Gasteiger charge is -2.17. The topological polar surface area (TPSA) is 93.8 Å². The second-order valence-corrected chi connectivity index (χ2v) is 8.56. The molecule has 0 saturated carbocycles. The maximum atomic E-state index is 12.8. The lowest BCUT2D eigenvalue weighted by Crippen LogP contribution is -2.13. The minimum Gasteiger partial charge on any atom is -0.492 e. The zero-order valence-corrected chi connectivity index (χ0v) is 16.8. The van der Waals surface area contributed by atoms with Crippen molar-refractivity contribution in [2.45, 2.75) is 30.4 Å². The Balaban J connectivity index is 2.10. The number of rotatable bonds is 9. The van der Waals surface area contributed by atoms with Gasteiger partial charge in [0.25, 0.3) is 0 Å². The van der Waals surface area contributed by atoms with Gasteiger partial charge in [-0.15, -0.1) is 0 Å². The van der Waals surface area contributed by atoms with Gasteiger partial charge in [0.2, 0.25) is 0 Å². The van der Waals surface area contributed by atoms with E-state index in [0.29, 0.717) is 17.7 Å². The van der Waals surface area contributed by atoms with Crippen LogP contribution < -0.4 is 4.74 Å². The first kappa shape index (κ1) is 20.7. The van der Waals surface area contributed by atoms with E-state index >= 15 is 0 Å². The predicted octanol–water partition coefficient (Wildman–Crippen LogP) is 4.80. The Kier molecular flexibility index (Phi) is 6.39. The molecule has 0 unspecified atom stereocenters. The molecule has 0 radical (unpaired) electrons. The number of sulfone groups is 1. The fourth-order valence-corrected chi connectivity index (χ4v) is 4.40. The number of hydrogen-bond donors (Lipinski definition) is 1. The molecule has 1 heterocycles. The van der Waals surface area contributed by atoms with Crippen molar-refractivity contribution in [1.29, 1.82) is 0 Å². The van der Waals surface area contributed by atoms with Crippen LogP contribution >= 0.6 is 0 Å². The Labute approximate surface area is 169 Å². The summed E-state index contributed by atoms with van der Waals surface area (Å²) in [4.78, 5) is 12.3. The molecule has 0 spiro atoms. The SMILES string of the molecule is CCCCOc1c(-c2ccoc2)ccc(CS(=O)(=O)c2ccccc2)c1C(=O)O. The van der Waals surface area contributed by atoms with Crippen LogP contribution in [0.25, 0.3) is 11.1 Å². The van der Waals surface area contributed by atoms with Gasteiger partial charge in [-0.1, -0.05) is 43.7 Å². The zero-order valence-electron chi connectivity index (χ0n) is 16.0. The fraction of sp³-hybridized carbons (Fsp3) is 0.227. The highest BCUT2D eigenvalue weighted by molar-refractivity contribution is 7.90. The summed E-state index contributed by atoms with van der Waals surface area (Å²) in [6.07, 6.45) is 4.61. The van der Waals surface area contributed by atoms with Gasteiger partial charge in [-0.2, -0.15) is 0 Å². The van der Waals surface area contributed by atoms with Crippen LogP contribution in [0.2, 0.25) is 0 Å². The van der Waals surface area contributed by atoms with Crippen LogP contribution in [0.5, 0.6) is 5.75 Å². The van der Waals surface area contributed by atoms with Crippen LogP contribution in [0.3, 0.4) is 0 Å². The van der Waals surface area contributed by atoms with Crippen LogP contribution in [-0.2, 0) is 15.6 Å². The Bertz CT molecular complexity index is 1070. The van der Waals surface area contributed by atoms with Crippen molar-refractivity contribution in [3.8, 4) is 16.9 Å². The van der Waals surface area contributed by atoms with Gasteiger partial charge in [0.15, 0.2) is 9.84 Å². The molecule has 3 aromatic rings. The number of hydrogen-bond acceptors (Lipinski definition) is 5. The van der Waals surface area contributed by atoms with Gasteiger partial charge in [0, 0.05) is 11.1 Å². The number of aromatic carboxylic acids is 1. The average Bonchev–Trinajstić information content (AvgIpc) is 3.23. The molecule has 29 heavy (non-hydrogen) atoms. The van der Waals surface area contributed by atoms with Crippen molar-refractivity contribution in [3.05, 3.63) is 72.2 Å². The molecule has 0 aliphatic heterocycles. The Morgan fingerprint density at radius 1 is 1.10 bits per heavy atom. The molecule has 0 fully saturated rings. The minimum absolute atomic E-state index is 0.140. The summed E-state index contributed by atoms with van der Waals surface area (Å²) in [5.41, 5.74) is 1.25. The average molecular weight is 414 g/mol. The van der Waals surface area contributed by atoms with E-state index in [2.05, 4.69) is 0 Å². The summed E-state index contributed by atoms with van der Waals surface area (Å²) in [5.74, 6) is -1.51. The van der Waals surface area contributed by atoms with Crippen molar-refractivity contribution in [1.82, 2.24) is 0 Å². The fourth-order valence-electron chi connectivity index (χ4n) is 3.01. The molecule has 0 atom stereocenters. The molecule has 0 saturated heterocycles. The molecular weight excluding hydrogens is 392 g/mol. The van der Waals surface area contributed by atoms with Crippen molar-refractivity contribution in [2.75, 3.05) is 6.61 Å². The van der Waals surface area contributed by atoms with Gasteiger partial charge in [-0.3, -0.25) is 0 Å². The van der Waals surface area contributed by atoms with Crippen LogP contribution in [0.4, 0.5) is 0 Å². The van der Waals surface area contributed by atoms with E-state index < -0.39 is 21.6 Å². The molecule has 0 amide bonds. The Morgan fingerprint density at radius 2 is 1.86 bits per heavy atom.